The Labute approximate surface area is 165 Å². The first-order valence-electron chi connectivity index (χ1n) is 9.73. The van der Waals surface area contributed by atoms with Gasteiger partial charge in [0.1, 0.15) is 5.82 Å². The van der Waals surface area contributed by atoms with Crippen molar-refractivity contribution < 1.29 is 14.0 Å². The molecule has 2 aromatic carbocycles. The lowest BCUT2D eigenvalue weighted by atomic mass is 9.88. The Balaban J connectivity index is 1.78. The lowest BCUT2D eigenvalue weighted by molar-refractivity contribution is -0.122. The molecule has 1 aliphatic heterocycles. The largest absolute Gasteiger partial charge is 0.335 e. The number of carbonyl (C=O) groups excluding carboxylic acids is 2. The van der Waals surface area contributed by atoms with E-state index in [1.807, 2.05) is 39.0 Å². The number of rotatable bonds is 3. The molecule has 148 valence electrons. The maximum Gasteiger partial charge on any atom is 0.257 e. The van der Waals surface area contributed by atoms with Gasteiger partial charge in [-0.3, -0.25) is 9.59 Å². The van der Waals surface area contributed by atoms with Crippen LogP contribution in [-0.2, 0) is 4.79 Å². The molecule has 0 aromatic heterocycles. The third kappa shape index (κ3) is 3.93. The van der Waals surface area contributed by atoms with Crippen LogP contribution in [0.15, 0.2) is 36.4 Å². The van der Waals surface area contributed by atoms with Crippen molar-refractivity contribution in [1.29, 1.82) is 0 Å². The maximum absolute atomic E-state index is 14.3. The third-order valence-electron chi connectivity index (χ3n) is 5.80. The Morgan fingerprint density at radius 1 is 1.07 bits per heavy atom. The van der Waals surface area contributed by atoms with E-state index in [1.165, 1.54) is 11.6 Å². The van der Waals surface area contributed by atoms with Crippen molar-refractivity contribution in [2.45, 2.75) is 46.6 Å². The van der Waals surface area contributed by atoms with Gasteiger partial charge in [-0.2, -0.15) is 0 Å². The SMILES string of the molecule is Cc1ccc(NC(=O)[C@H]2CCCN(C(=O)c3c(C)cccc3F)[C@H]2C)cc1C. The van der Waals surface area contributed by atoms with Crippen LogP contribution in [0.5, 0.6) is 0 Å². The predicted molar refractivity (Wildman–Crippen MR) is 109 cm³/mol. The van der Waals surface area contributed by atoms with Crippen molar-refractivity contribution in [1.82, 2.24) is 4.90 Å². The number of piperidine rings is 1. The summed E-state index contributed by atoms with van der Waals surface area (Å²) in [7, 11) is 0. The molecule has 1 fully saturated rings. The molecule has 2 aromatic rings. The lowest BCUT2D eigenvalue weighted by Gasteiger charge is -2.39. The first-order chi connectivity index (χ1) is 13.3. The van der Waals surface area contributed by atoms with E-state index in [2.05, 4.69) is 5.32 Å². The van der Waals surface area contributed by atoms with Crippen LogP contribution in [0.4, 0.5) is 10.1 Å². The van der Waals surface area contributed by atoms with E-state index in [0.717, 1.165) is 11.3 Å². The summed E-state index contributed by atoms with van der Waals surface area (Å²) in [5.41, 5.74) is 3.75. The molecular formula is C23H27FN2O2. The van der Waals surface area contributed by atoms with Crippen LogP contribution >= 0.6 is 0 Å². The van der Waals surface area contributed by atoms with Crippen LogP contribution in [0.3, 0.4) is 0 Å². The molecule has 3 rings (SSSR count). The summed E-state index contributed by atoms with van der Waals surface area (Å²) in [6, 6.07) is 10.2. The Kier molecular flexibility index (Phi) is 5.82. The molecule has 2 amide bonds. The third-order valence-corrected chi connectivity index (χ3v) is 5.80. The zero-order valence-electron chi connectivity index (χ0n) is 16.9. The molecule has 5 heteroatoms. The van der Waals surface area contributed by atoms with Gasteiger partial charge in [0.2, 0.25) is 5.91 Å². The topological polar surface area (TPSA) is 49.4 Å². The average Bonchev–Trinajstić information content (AvgIpc) is 2.64. The highest BCUT2D eigenvalue weighted by molar-refractivity contribution is 5.98. The van der Waals surface area contributed by atoms with Crippen molar-refractivity contribution in [2.75, 3.05) is 11.9 Å². The van der Waals surface area contributed by atoms with Gasteiger partial charge in [0.15, 0.2) is 0 Å². The van der Waals surface area contributed by atoms with Crippen molar-refractivity contribution >= 4 is 17.5 Å². The van der Waals surface area contributed by atoms with Gasteiger partial charge in [-0.15, -0.1) is 0 Å². The minimum Gasteiger partial charge on any atom is -0.335 e. The van der Waals surface area contributed by atoms with Gasteiger partial charge in [0, 0.05) is 18.3 Å². The normalized spacial score (nSPS) is 19.4. The van der Waals surface area contributed by atoms with Gasteiger partial charge >= 0.3 is 0 Å². The zero-order chi connectivity index (χ0) is 20.4. The molecule has 0 aliphatic carbocycles. The second kappa shape index (κ2) is 8.13. The van der Waals surface area contributed by atoms with Gasteiger partial charge in [-0.05, 0) is 75.4 Å². The van der Waals surface area contributed by atoms with Crippen LogP contribution in [0.1, 0.15) is 46.8 Å². The maximum atomic E-state index is 14.3. The summed E-state index contributed by atoms with van der Waals surface area (Å²) >= 11 is 0. The minimum atomic E-state index is -0.515. The standard InChI is InChI=1S/C23H27FN2O2/c1-14-10-11-18(13-16(14)3)25-22(27)19-8-6-12-26(17(19)4)23(28)21-15(2)7-5-9-20(21)24/h5,7,9-11,13,17,19H,6,8,12H2,1-4H3,(H,25,27)/t17-,19-/m0/s1. The van der Waals surface area contributed by atoms with Crippen molar-refractivity contribution in [3.8, 4) is 0 Å². The van der Waals surface area contributed by atoms with E-state index < -0.39 is 5.82 Å². The molecule has 4 nitrogen and oxygen atoms in total. The van der Waals surface area contributed by atoms with Crippen LogP contribution in [-0.4, -0.2) is 29.3 Å². The Morgan fingerprint density at radius 3 is 2.50 bits per heavy atom. The Hall–Kier alpha value is -2.69. The van der Waals surface area contributed by atoms with Gasteiger partial charge in [0.25, 0.3) is 5.91 Å². The highest BCUT2D eigenvalue weighted by Crippen LogP contribution is 2.28. The molecule has 0 unspecified atom stereocenters. The number of nitrogens with one attached hydrogen (secondary N) is 1. The lowest BCUT2D eigenvalue weighted by Crippen LogP contribution is -2.50. The van der Waals surface area contributed by atoms with Gasteiger partial charge in [-0.25, -0.2) is 4.39 Å². The number of nitrogens with zero attached hydrogens (tertiary/aromatic N) is 1. The van der Waals surface area contributed by atoms with E-state index >= 15 is 0 Å². The summed E-state index contributed by atoms with van der Waals surface area (Å²) in [4.78, 5) is 27.5. The molecule has 1 heterocycles. The first kappa shape index (κ1) is 20.1. The van der Waals surface area contributed by atoms with Gasteiger partial charge < -0.3 is 10.2 Å². The van der Waals surface area contributed by atoms with E-state index in [1.54, 1.807) is 24.0 Å². The Bertz CT molecular complexity index is 889. The quantitative estimate of drug-likeness (QED) is 0.841. The number of hydrogen-bond acceptors (Lipinski definition) is 2. The number of benzene rings is 2. The second-order valence-corrected chi connectivity index (χ2v) is 7.71. The van der Waals surface area contributed by atoms with Gasteiger partial charge in [0.05, 0.1) is 11.5 Å². The number of likely N-dealkylation sites (tertiary alicyclic amines) is 1. The molecule has 2 atom stereocenters. The summed E-state index contributed by atoms with van der Waals surface area (Å²) in [6.07, 6.45) is 1.42. The fourth-order valence-corrected chi connectivity index (χ4v) is 3.88. The summed E-state index contributed by atoms with van der Waals surface area (Å²) in [6.45, 7) is 8.16. The average molecular weight is 382 g/mol. The van der Waals surface area contributed by atoms with E-state index in [-0.39, 0.29) is 29.3 Å². The molecule has 1 N–H and O–H groups in total. The molecule has 0 radical (unpaired) electrons. The molecule has 0 bridgehead atoms. The summed E-state index contributed by atoms with van der Waals surface area (Å²) < 4.78 is 14.3. The van der Waals surface area contributed by atoms with Crippen molar-refractivity contribution in [2.24, 2.45) is 5.92 Å². The monoisotopic (exact) mass is 382 g/mol. The number of halogens is 1. The predicted octanol–water partition coefficient (Wildman–Crippen LogP) is 4.63. The Morgan fingerprint density at radius 2 is 1.82 bits per heavy atom. The number of hydrogen-bond donors (Lipinski definition) is 1. The minimum absolute atomic E-state index is 0.0986. The van der Waals surface area contributed by atoms with Crippen LogP contribution in [0.25, 0.3) is 0 Å². The summed E-state index contributed by atoms with van der Waals surface area (Å²) in [5.74, 6) is -1.28. The first-order valence-corrected chi connectivity index (χ1v) is 9.73. The second-order valence-electron chi connectivity index (χ2n) is 7.71. The van der Waals surface area contributed by atoms with E-state index in [0.29, 0.717) is 24.9 Å². The van der Waals surface area contributed by atoms with Crippen molar-refractivity contribution in [3.63, 3.8) is 0 Å². The van der Waals surface area contributed by atoms with Crippen LogP contribution < -0.4 is 5.32 Å². The number of carbonyl (C=O) groups is 2. The highest BCUT2D eigenvalue weighted by atomic mass is 19.1. The zero-order valence-corrected chi connectivity index (χ0v) is 16.9. The summed E-state index contributed by atoms with van der Waals surface area (Å²) in [5, 5.41) is 2.98. The highest BCUT2D eigenvalue weighted by Gasteiger charge is 2.36. The van der Waals surface area contributed by atoms with Gasteiger partial charge in [-0.1, -0.05) is 18.2 Å². The van der Waals surface area contributed by atoms with Crippen LogP contribution in [0, 0.1) is 32.5 Å². The molecule has 0 saturated carbocycles. The molecule has 1 aliphatic rings. The fraction of sp³-hybridized carbons (Fsp3) is 0.391. The number of anilines is 1. The van der Waals surface area contributed by atoms with E-state index in [9.17, 15) is 14.0 Å². The molecular weight excluding hydrogens is 355 g/mol. The van der Waals surface area contributed by atoms with Crippen molar-refractivity contribution in [3.05, 3.63) is 64.5 Å². The molecule has 28 heavy (non-hydrogen) atoms. The fourth-order valence-electron chi connectivity index (χ4n) is 3.88. The number of aryl methyl sites for hydroxylation is 3. The van der Waals surface area contributed by atoms with E-state index in [4.69, 9.17) is 0 Å². The smallest absolute Gasteiger partial charge is 0.257 e. The van der Waals surface area contributed by atoms with Crippen LogP contribution in [0.2, 0.25) is 0 Å². The molecule has 0 spiro atoms. The number of amides is 2. The molecule has 1 saturated heterocycles.